The van der Waals surface area contributed by atoms with Crippen molar-refractivity contribution in [1.82, 2.24) is 9.55 Å². The summed E-state index contributed by atoms with van der Waals surface area (Å²) in [4.78, 5) is 5.36. The van der Waals surface area contributed by atoms with E-state index in [1.54, 1.807) is 0 Å². The average Bonchev–Trinajstić information content (AvgIpc) is 3.71. The van der Waals surface area contributed by atoms with Crippen LogP contribution in [-0.2, 0) is 0 Å². The number of aromatic nitrogens is 2. The van der Waals surface area contributed by atoms with Gasteiger partial charge in [0, 0.05) is 44.3 Å². The van der Waals surface area contributed by atoms with Crippen LogP contribution in [0.5, 0.6) is 5.75 Å². The van der Waals surface area contributed by atoms with Gasteiger partial charge in [-0.3, -0.25) is 0 Å². The van der Waals surface area contributed by atoms with Crippen LogP contribution in [0, 0.1) is 0 Å². The van der Waals surface area contributed by atoms with Crippen LogP contribution in [0.1, 0.15) is 5.56 Å². The first-order valence-electron chi connectivity index (χ1n) is 21.7. The molecule has 0 bridgehead atoms. The highest BCUT2D eigenvalue weighted by atomic mass is 16.5. The zero-order valence-electron chi connectivity index (χ0n) is 34.9. The molecule has 300 valence electrons. The lowest BCUT2D eigenvalue weighted by Gasteiger charge is -2.24. The molecule has 12 rings (SSSR count). The zero-order chi connectivity index (χ0) is 42.6. The number of hydrogen-bond donors (Lipinski definition) is 0. The van der Waals surface area contributed by atoms with Gasteiger partial charge in [-0.1, -0.05) is 195 Å². The Hall–Kier alpha value is -8.53. The van der Waals surface area contributed by atoms with Gasteiger partial charge in [0.15, 0.2) is 0 Å². The largest absolute Gasteiger partial charge is 0.457 e. The van der Waals surface area contributed by atoms with E-state index in [1.807, 2.05) is 18.2 Å². The number of fused-ring (bicyclic) bond motifs is 10. The number of benzene rings is 9. The van der Waals surface area contributed by atoms with Gasteiger partial charge in [0.05, 0.1) is 22.4 Å². The van der Waals surface area contributed by atoms with Gasteiger partial charge in [-0.15, -0.1) is 0 Å². The molecule has 9 aromatic carbocycles. The minimum absolute atomic E-state index is 0.609. The van der Waals surface area contributed by atoms with Crippen LogP contribution in [0.3, 0.4) is 0 Å². The number of nitrogens with zero attached hydrogens (tertiary/aromatic N) is 2. The average molecular weight is 817 g/mol. The number of pyridine rings is 1. The third kappa shape index (κ3) is 6.33. The van der Waals surface area contributed by atoms with Crippen LogP contribution in [0.15, 0.2) is 237 Å². The molecule has 0 amide bonds. The topological polar surface area (TPSA) is 27.1 Å². The maximum atomic E-state index is 6.75. The molecule has 2 aromatic heterocycles. The fourth-order valence-corrected chi connectivity index (χ4v) is 9.62. The van der Waals surface area contributed by atoms with Crippen molar-refractivity contribution >= 4 is 27.6 Å². The standard InChI is InChI=1S/C61H40N2O/c1-40-47-21-5-6-22-49(47)50-23-7-8-24-51(50)54-29-16-28-48(61(54)55-27-11-14-32-60(55)64-40)45-38-56(42-17-3-2-4-18-42)62-57(39-45)43-35-33-41(34-36-43)44-19-15-20-46(37-44)63-58-30-12-9-25-52(58)53-26-10-13-31-59(53)63/h2-39H,1H2. The quantitative estimate of drug-likeness (QED) is 0.173. The second-order valence-corrected chi connectivity index (χ2v) is 16.3. The molecule has 0 saturated carbocycles. The maximum Gasteiger partial charge on any atom is 0.135 e. The van der Waals surface area contributed by atoms with Crippen molar-refractivity contribution in [2.45, 2.75) is 0 Å². The Kier molecular flexibility index (Phi) is 8.98. The Morgan fingerprint density at radius 3 is 1.53 bits per heavy atom. The number of hydrogen-bond acceptors (Lipinski definition) is 2. The van der Waals surface area contributed by atoms with Gasteiger partial charge < -0.3 is 9.30 Å². The van der Waals surface area contributed by atoms with Gasteiger partial charge in [0.25, 0.3) is 0 Å². The molecule has 1 aliphatic heterocycles. The van der Waals surface area contributed by atoms with Gasteiger partial charge in [-0.25, -0.2) is 4.98 Å². The van der Waals surface area contributed by atoms with Crippen LogP contribution in [0.25, 0.3) is 111 Å². The van der Waals surface area contributed by atoms with Crippen molar-refractivity contribution in [3.63, 3.8) is 0 Å². The molecule has 3 heteroatoms. The second kappa shape index (κ2) is 15.4. The predicted octanol–water partition coefficient (Wildman–Crippen LogP) is 16.2. The molecule has 11 aromatic rings. The molecule has 0 unspecified atom stereocenters. The summed E-state index contributed by atoms with van der Waals surface area (Å²) in [6.07, 6.45) is 0. The molecule has 0 atom stereocenters. The lowest BCUT2D eigenvalue weighted by molar-refractivity contribution is 0.519. The second-order valence-electron chi connectivity index (χ2n) is 16.3. The molecule has 3 heterocycles. The van der Waals surface area contributed by atoms with E-state index in [2.05, 4.69) is 223 Å². The Morgan fingerprint density at radius 1 is 0.344 bits per heavy atom. The predicted molar refractivity (Wildman–Crippen MR) is 266 cm³/mol. The summed E-state index contributed by atoms with van der Waals surface area (Å²) in [5.41, 5.74) is 19.4. The van der Waals surface area contributed by atoms with E-state index < -0.39 is 0 Å². The van der Waals surface area contributed by atoms with Gasteiger partial charge in [0.1, 0.15) is 11.5 Å². The van der Waals surface area contributed by atoms with Gasteiger partial charge in [-0.2, -0.15) is 0 Å². The molecule has 0 saturated heterocycles. The molecule has 0 aliphatic carbocycles. The Balaban J connectivity index is 1.01. The van der Waals surface area contributed by atoms with Gasteiger partial charge in [-0.05, 0) is 87.0 Å². The van der Waals surface area contributed by atoms with Crippen molar-refractivity contribution < 1.29 is 4.74 Å². The van der Waals surface area contributed by atoms with Crippen molar-refractivity contribution in [3.05, 3.63) is 243 Å². The number of ether oxygens (including phenoxy) is 1. The smallest absolute Gasteiger partial charge is 0.135 e. The molecule has 0 N–H and O–H groups in total. The first kappa shape index (κ1) is 37.2. The Morgan fingerprint density at radius 2 is 0.828 bits per heavy atom. The van der Waals surface area contributed by atoms with Crippen LogP contribution < -0.4 is 4.74 Å². The van der Waals surface area contributed by atoms with Crippen molar-refractivity contribution in [2.24, 2.45) is 0 Å². The Bertz CT molecular complexity index is 3540. The highest BCUT2D eigenvalue weighted by Crippen LogP contribution is 2.49. The number of para-hydroxylation sites is 3. The molecule has 0 spiro atoms. The molecule has 3 nitrogen and oxygen atoms in total. The normalized spacial score (nSPS) is 11.9. The first-order valence-corrected chi connectivity index (χ1v) is 21.7. The minimum Gasteiger partial charge on any atom is -0.457 e. The van der Waals surface area contributed by atoms with Crippen molar-refractivity contribution in [2.75, 3.05) is 0 Å². The SMILES string of the molecule is C=C1Oc2ccccc2-c2c(-c3cc(-c4ccccc4)nc(-c4ccc(-c5cccc(-n6c7ccccc7c7ccccc76)c5)cc4)c3)cccc2-c2ccccc2-c2ccccc21. The first-order chi connectivity index (χ1) is 31.7. The lowest BCUT2D eigenvalue weighted by Crippen LogP contribution is -2.02. The van der Waals surface area contributed by atoms with Crippen LogP contribution in [-0.4, -0.2) is 9.55 Å². The summed E-state index contributed by atoms with van der Waals surface area (Å²) in [6, 6.07) is 82.0. The van der Waals surface area contributed by atoms with Crippen LogP contribution in [0.2, 0.25) is 0 Å². The highest BCUT2D eigenvalue weighted by molar-refractivity contribution is 6.09. The molecule has 0 fully saturated rings. The van der Waals surface area contributed by atoms with E-state index >= 15 is 0 Å². The molecular formula is C61H40N2O. The van der Waals surface area contributed by atoms with E-state index in [0.717, 1.165) is 95.1 Å². The number of rotatable bonds is 5. The fourth-order valence-electron chi connectivity index (χ4n) is 9.62. The lowest BCUT2D eigenvalue weighted by atomic mass is 9.83. The highest BCUT2D eigenvalue weighted by Gasteiger charge is 2.24. The maximum absolute atomic E-state index is 6.75. The monoisotopic (exact) mass is 816 g/mol. The Labute approximate surface area is 372 Å². The third-order valence-electron chi connectivity index (χ3n) is 12.6. The van der Waals surface area contributed by atoms with Gasteiger partial charge >= 0.3 is 0 Å². The van der Waals surface area contributed by atoms with E-state index in [1.165, 1.54) is 21.8 Å². The van der Waals surface area contributed by atoms with E-state index in [0.29, 0.717) is 5.76 Å². The summed E-state index contributed by atoms with van der Waals surface area (Å²) in [5, 5.41) is 2.51. The summed E-state index contributed by atoms with van der Waals surface area (Å²) in [5.74, 6) is 1.36. The molecule has 64 heavy (non-hydrogen) atoms. The third-order valence-corrected chi connectivity index (χ3v) is 12.6. The minimum atomic E-state index is 0.609. The van der Waals surface area contributed by atoms with Crippen molar-refractivity contribution in [3.8, 4) is 89.6 Å². The molecule has 0 radical (unpaired) electrons. The molecule has 1 aliphatic rings. The van der Waals surface area contributed by atoms with Crippen LogP contribution in [0.4, 0.5) is 0 Å². The summed E-state index contributed by atoms with van der Waals surface area (Å²) in [6.45, 7) is 4.46. The van der Waals surface area contributed by atoms with Gasteiger partial charge in [0.2, 0.25) is 0 Å². The summed E-state index contributed by atoms with van der Waals surface area (Å²) < 4.78 is 9.13. The molecular weight excluding hydrogens is 777 g/mol. The van der Waals surface area contributed by atoms with E-state index in [4.69, 9.17) is 9.72 Å². The van der Waals surface area contributed by atoms with Crippen molar-refractivity contribution in [1.29, 1.82) is 0 Å². The summed E-state index contributed by atoms with van der Waals surface area (Å²) >= 11 is 0. The van der Waals surface area contributed by atoms with E-state index in [-0.39, 0.29) is 0 Å². The van der Waals surface area contributed by atoms with E-state index in [9.17, 15) is 0 Å². The zero-order valence-corrected chi connectivity index (χ0v) is 34.9. The summed E-state index contributed by atoms with van der Waals surface area (Å²) in [7, 11) is 0. The fraction of sp³-hybridized carbons (Fsp3) is 0. The van der Waals surface area contributed by atoms with Crippen LogP contribution >= 0.6 is 0 Å².